The van der Waals surface area contributed by atoms with Gasteiger partial charge in [0.1, 0.15) is 11.3 Å². The van der Waals surface area contributed by atoms with E-state index in [2.05, 4.69) is 10.3 Å². The van der Waals surface area contributed by atoms with E-state index in [9.17, 15) is 9.18 Å². The zero-order valence-corrected chi connectivity index (χ0v) is 10.7. The van der Waals surface area contributed by atoms with E-state index in [0.717, 1.165) is 0 Å². The van der Waals surface area contributed by atoms with E-state index < -0.39 is 5.82 Å². The van der Waals surface area contributed by atoms with Gasteiger partial charge in [0.25, 0.3) is 5.91 Å². The smallest absolute Gasteiger partial charge is 0.252 e. The second-order valence-electron chi connectivity index (χ2n) is 4.35. The van der Waals surface area contributed by atoms with Gasteiger partial charge in [-0.2, -0.15) is 0 Å². The number of hydrogen-bond acceptors (Lipinski definition) is 3. The first-order chi connectivity index (χ1) is 9.13. The van der Waals surface area contributed by atoms with Crippen molar-refractivity contribution >= 4 is 16.8 Å². The SMILES string of the molecule is Cc1cc(C(=O)NCCCN)c2cccc(F)c2n1. The monoisotopic (exact) mass is 261 g/mol. The fraction of sp³-hybridized carbons (Fsp3) is 0.286. The van der Waals surface area contributed by atoms with Crippen molar-refractivity contribution in [1.29, 1.82) is 0 Å². The van der Waals surface area contributed by atoms with Crippen LogP contribution in [0.25, 0.3) is 10.9 Å². The number of pyridine rings is 1. The Labute approximate surface area is 110 Å². The van der Waals surface area contributed by atoms with Gasteiger partial charge in [0, 0.05) is 17.6 Å². The summed E-state index contributed by atoms with van der Waals surface area (Å²) in [7, 11) is 0. The third-order valence-corrected chi connectivity index (χ3v) is 2.83. The van der Waals surface area contributed by atoms with Crippen molar-refractivity contribution in [3.8, 4) is 0 Å². The lowest BCUT2D eigenvalue weighted by atomic mass is 10.1. The van der Waals surface area contributed by atoms with Crippen LogP contribution in [0.4, 0.5) is 4.39 Å². The van der Waals surface area contributed by atoms with Gasteiger partial charge in [0.05, 0.1) is 5.56 Å². The largest absolute Gasteiger partial charge is 0.352 e. The molecule has 1 aromatic carbocycles. The van der Waals surface area contributed by atoms with Gasteiger partial charge in [-0.15, -0.1) is 0 Å². The molecule has 3 N–H and O–H groups in total. The van der Waals surface area contributed by atoms with Gasteiger partial charge >= 0.3 is 0 Å². The fourth-order valence-corrected chi connectivity index (χ4v) is 1.93. The number of carbonyl (C=O) groups excluding carboxylic acids is 1. The van der Waals surface area contributed by atoms with Crippen LogP contribution in [0.3, 0.4) is 0 Å². The average Bonchev–Trinajstić information content (AvgIpc) is 2.39. The highest BCUT2D eigenvalue weighted by atomic mass is 19.1. The normalized spacial score (nSPS) is 10.7. The summed E-state index contributed by atoms with van der Waals surface area (Å²) in [5.41, 5.74) is 6.66. The van der Waals surface area contributed by atoms with Crippen molar-refractivity contribution in [2.75, 3.05) is 13.1 Å². The predicted octanol–water partition coefficient (Wildman–Crippen LogP) is 1.76. The third-order valence-electron chi connectivity index (χ3n) is 2.83. The van der Waals surface area contributed by atoms with E-state index >= 15 is 0 Å². The molecule has 19 heavy (non-hydrogen) atoms. The van der Waals surface area contributed by atoms with Gasteiger partial charge in [-0.3, -0.25) is 4.79 Å². The topological polar surface area (TPSA) is 68.0 Å². The molecule has 1 heterocycles. The summed E-state index contributed by atoms with van der Waals surface area (Å²) in [6, 6.07) is 6.28. The zero-order chi connectivity index (χ0) is 13.8. The highest BCUT2D eigenvalue weighted by molar-refractivity contribution is 6.06. The molecule has 0 bridgehead atoms. The van der Waals surface area contributed by atoms with Gasteiger partial charge < -0.3 is 11.1 Å². The lowest BCUT2D eigenvalue weighted by Gasteiger charge is -2.09. The first kappa shape index (κ1) is 13.4. The first-order valence-electron chi connectivity index (χ1n) is 6.17. The summed E-state index contributed by atoms with van der Waals surface area (Å²) < 4.78 is 13.7. The molecule has 0 aliphatic rings. The molecule has 0 saturated heterocycles. The maximum Gasteiger partial charge on any atom is 0.252 e. The van der Waals surface area contributed by atoms with Crippen LogP contribution in [0.15, 0.2) is 24.3 Å². The lowest BCUT2D eigenvalue weighted by Crippen LogP contribution is -2.26. The van der Waals surface area contributed by atoms with Gasteiger partial charge in [-0.25, -0.2) is 9.37 Å². The molecule has 5 heteroatoms. The van der Waals surface area contributed by atoms with E-state index in [4.69, 9.17) is 5.73 Å². The number of benzene rings is 1. The third kappa shape index (κ3) is 2.88. The molecule has 4 nitrogen and oxygen atoms in total. The maximum atomic E-state index is 13.7. The number of nitrogens with zero attached hydrogens (tertiary/aromatic N) is 1. The fourth-order valence-electron chi connectivity index (χ4n) is 1.93. The molecule has 0 aliphatic heterocycles. The molecule has 2 rings (SSSR count). The molecule has 0 atom stereocenters. The second-order valence-corrected chi connectivity index (χ2v) is 4.35. The number of carbonyl (C=O) groups is 1. The summed E-state index contributed by atoms with van der Waals surface area (Å²) in [4.78, 5) is 16.2. The molecule has 0 spiro atoms. The lowest BCUT2D eigenvalue weighted by molar-refractivity contribution is 0.0955. The molecule has 1 amide bonds. The van der Waals surface area contributed by atoms with Gasteiger partial charge in [-0.1, -0.05) is 12.1 Å². The van der Waals surface area contributed by atoms with E-state index in [0.29, 0.717) is 36.2 Å². The summed E-state index contributed by atoms with van der Waals surface area (Å²) in [5.74, 6) is -0.647. The number of aryl methyl sites for hydroxylation is 1. The molecular weight excluding hydrogens is 245 g/mol. The van der Waals surface area contributed by atoms with Gasteiger partial charge in [0.15, 0.2) is 0 Å². The Kier molecular flexibility index (Phi) is 4.06. The number of amides is 1. The van der Waals surface area contributed by atoms with Crippen molar-refractivity contribution in [1.82, 2.24) is 10.3 Å². The molecule has 0 saturated carbocycles. The number of rotatable bonds is 4. The van der Waals surface area contributed by atoms with Crippen molar-refractivity contribution in [3.63, 3.8) is 0 Å². The summed E-state index contributed by atoms with van der Waals surface area (Å²) in [6.45, 7) is 2.76. The van der Waals surface area contributed by atoms with Crippen LogP contribution in [-0.4, -0.2) is 24.0 Å². The summed E-state index contributed by atoms with van der Waals surface area (Å²) in [6.07, 6.45) is 0.710. The Morgan fingerprint density at radius 1 is 1.47 bits per heavy atom. The van der Waals surface area contributed by atoms with Crippen molar-refractivity contribution in [2.45, 2.75) is 13.3 Å². The standard InChI is InChI=1S/C14H16FN3O/c1-9-8-11(14(19)17-7-3-6-16)10-4-2-5-12(15)13(10)18-9/h2,4-5,8H,3,6-7,16H2,1H3,(H,17,19). The van der Waals surface area contributed by atoms with Crippen molar-refractivity contribution in [2.24, 2.45) is 5.73 Å². The minimum atomic E-state index is -0.419. The number of hydrogen-bond donors (Lipinski definition) is 2. The minimum absolute atomic E-state index is 0.227. The molecule has 0 aliphatic carbocycles. The van der Waals surface area contributed by atoms with Crippen LogP contribution in [0.5, 0.6) is 0 Å². The molecule has 2 aromatic rings. The Bertz CT molecular complexity index is 613. The minimum Gasteiger partial charge on any atom is -0.352 e. The van der Waals surface area contributed by atoms with E-state index in [1.165, 1.54) is 6.07 Å². The molecule has 0 fully saturated rings. The number of nitrogens with one attached hydrogen (secondary N) is 1. The van der Waals surface area contributed by atoms with Crippen LogP contribution < -0.4 is 11.1 Å². The molecule has 100 valence electrons. The van der Waals surface area contributed by atoms with Crippen LogP contribution in [0, 0.1) is 12.7 Å². The zero-order valence-electron chi connectivity index (χ0n) is 10.7. The van der Waals surface area contributed by atoms with Gasteiger partial charge in [0.2, 0.25) is 0 Å². The summed E-state index contributed by atoms with van der Waals surface area (Å²) in [5, 5.41) is 3.29. The van der Waals surface area contributed by atoms with Crippen LogP contribution in [0.2, 0.25) is 0 Å². The average molecular weight is 261 g/mol. The predicted molar refractivity (Wildman–Crippen MR) is 72.4 cm³/mol. The van der Waals surface area contributed by atoms with Gasteiger partial charge in [-0.05, 0) is 32.0 Å². The Morgan fingerprint density at radius 2 is 2.26 bits per heavy atom. The van der Waals surface area contributed by atoms with Crippen LogP contribution in [0.1, 0.15) is 22.5 Å². The van der Waals surface area contributed by atoms with Crippen LogP contribution in [-0.2, 0) is 0 Å². The van der Waals surface area contributed by atoms with Crippen molar-refractivity contribution < 1.29 is 9.18 Å². The number of aromatic nitrogens is 1. The maximum absolute atomic E-state index is 13.7. The molecule has 0 unspecified atom stereocenters. The number of fused-ring (bicyclic) bond motifs is 1. The molecular formula is C14H16FN3O. The first-order valence-corrected chi connectivity index (χ1v) is 6.17. The number of para-hydroxylation sites is 1. The second kappa shape index (κ2) is 5.75. The molecule has 1 aromatic heterocycles. The van der Waals surface area contributed by atoms with Crippen molar-refractivity contribution in [3.05, 3.63) is 41.3 Å². The Balaban J connectivity index is 2.42. The van der Waals surface area contributed by atoms with E-state index in [1.807, 2.05) is 0 Å². The molecule has 0 radical (unpaired) electrons. The number of nitrogens with two attached hydrogens (primary N) is 1. The highest BCUT2D eigenvalue weighted by Gasteiger charge is 2.13. The van der Waals surface area contributed by atoms with E-state index in [-0.39, 0.29) is 11.4 Å². The van der Waals surface area contributed by atoms with Crippen LogP contribution >= 0.6 is 0 Å². The Hall–Kier alpha value is -2.01. The summed E-state index contributed by atoms with van der Waals surface area (Å²) >= 11 is 0. The Morgan fingerprint density at radius 3 is 3.00 bits per heavy atom. The number of halogens is 1. The van der Waals surface area contributed by atoms with E-state index in [1.54, 1.807) is 25.1 Å². The quantitative estimate of drug-likeness (QED) is 0.824. The highest BCUT2D eigenvalue weighted by Crippen LogP contribution is 2.20.